The van der Waals surface area contributed by atoms with E-state index < -0.39 is 17.6 Å². The Balaban J connectivity index is 1.56. The highest BCUT2D eigenvalue weighted by molar-refractivity contribution is 7.99. The number of rotatable bonds is 9. The van der Waals surface area contributed by atoms with E-state index in [1.807, 2.05) is 32.0 Å². The predicted molar refractivity (Wildman–Crippen MR) is 151 cm³/mol. The van der Waals surface area contributed by atoms with E-state index in [0.717, 1.165) is 46.8 Å². The average molecular weight is 604 g/mol. The number of nitrogens with zero attached hydrogens (tertiary/aromatic N) is 3. The lowest BCUT2D eigenvalue weighted by molar-refractivity contribution is -0.137. The number of nitrogens with one attached hydrogen (secondary N) is 2. The fraction of sp³-hybridized carbons (Fsp3) is 0.214. The summed E-state index contributed by atoms with van der Waals surface area (Å²) in [7, 11) is 1.48. The quantitative estimate of drug-likeness (QED) is 0.220. The number of alkyl halides is 3. The summed E-state index contributed by atoms with van der Waals surface area (Å²) in [6.07, 6.45) is -4.58. The zero-order valence-corrected chi connectivity index (χ0v) is 23.7. The number of methoxy groups -OCH3 is 1. The summed E-state index contributed by atoms with van der Waals surface area (Å²) < 4.78 is 46.3. The van der Waals surface area contributed by atoms with Crippen LogP contribution in [-0.2, 0) is 17.5 Å². The molecule has 0 aliphatic heterocycles. The van der Waals surface area contributed by atoms with Crippen LogP contribution in [-0.4, -0.2) is 39.4 Å². The summed E-state index contributed by atoms with van der Waals surface area (Å²) in [4.78, 5) is 25.6. The molecule has 8 nitrogen and oxygen atoms in total. The SMILES string of the molecule is COc1ccccc1C(=O)NCc1nnc(SCC(=O)Nc2cc(C(F)(F)F)ccc2Cl)n1-c1cc(C)ccc1C. The lowest BCUT2D eigenvalue weighted by atomic mass is 10.1. The molecule has 3 aromatic carbocycles. The fourth-order valence-electron chi connectivity index (χ4n) is 3.91. The van der Waals surface area contributed by atoms with Crippen LogP contribution in [0.1, 0.15) is 32.9 Å². The number of benzene rings is 3. The molecule has 4 aromatic rings. The number of ether oxygens (including phenoxy) is 1. The number of hydrogen-bond donors (Lipinski definition) is 2. The zero-order chi connectivity index (χ0) is 29.7. The van der Waals surface area contributed by atoms with Crippen LogP contribution < -0.4 is 15.4 Å². The van der Waals surface area contributed by atoms with Crippen molar-refractivity contribution in [2.24, 2.45) is 0 Å². The first-order chi connectivity index (χ1) is 19.5. The summed E-state index contributed by atoms with van der Waals surface area (Å²) in [5, 5.41) is 14.1. The first kappa shape index (κ1) is 29.9. The first-order valence-corrected chi connectivity index (χ1v) is 13.6. The number of hydrogen-bond acceptors (Lipinski definition) is 6. The Morgan fingerprint density at radius 1 is 1.05 bits per heavy atom. The molecule has 0 fully saturated rings. The number of anilines is 1. The monoisotopic (exact) mass is 603 g/mol. The molecular weight excluding hydrogens is 579 g/mol. The molecule has 0 spiro atoms. The molecule has 1 heterocycles. The molecule has 214 valence electrons. The number of carbonyl (C=O) groups is 2. The van der Waals surface area contributed by atoms with Gasteiger partial charge < -0.3 is 15.4 Å². The molecule has 0 saturated carbocycles. The molecule has 1 aromatic heterocycles. The molecule has 2 amide bonds. The number of halogens is 4. The number of carbonyl (C=O) groups excluding carboxylic acids is 2. The number of aryl methyl sites for hydroxylation is 2. The van der Waals surface area contributed by atoms with Gasteiger partial charge in [0.1, 0.15) is 5.75 Å². The second-order valence-electron chi connectivity index (χ2n) is 8.94. The minimum atomic E-state index is -4.58. The molecule has 0 aliphatic carbocycles. The van der Waals surface area contributed by atoms with Gasteiger partial charge in [0.15, 0.2) is 11.0 Å². The van der Waals surface area contributed by atoms with Gasteiger partial charge >= 0.3 is 6.18 Å². The molecule has 0 bridgehead atoms. The van der Waals surface area contributed by atoms with Crippen molar-refractivity contribution >= 4 is 40.9 Å². The highest BCUT2D eigenvalue weighted by Gasteiger charge is 2.31. The van der Waals surface area contributed by atoms with E-state index >= 15 is 0 Å². The topological polar surface area (TPSA) is 98.1 Å². The van der Waals surface area contributed by atoms with Crippen LogP contribution in [0.15, 0.2) is 65.8 Å². The third-order valence-electron chi connectivity index (χ3n) is 5.96. The Morgan fingerprint density at radius 2 is 1.80 bits per heavy atom. The average Bonchev–Trinajstić information content (AvgIpc) is 3.34. The lowest BCUT2D eigenvalue weighted by Gasteiger charge is -2.15. The van der Waals surface area contributed by atoms with Gasteiger partial charge in [0.05, 0.1) is 46.9 Å². The molecule has 41 heavy (non-hydrogen) atoms. The molecule has 0 aliphatic rings. The van der Waals surface area contributed by atoms with Crippen LogP contribution in [0.25, 0.3) is 5.69 Å². The minimum Gasteiger partial charge on any atom is -0.496 e. The van der Waals surface area contributed by atoms with Crippen LogP contribution >= 0.6 is 23.4 Å². The van der Waals surface area contributed by atoms with Gasteiger partial charge in [0.2, 0.25) is 5.91 Å². The van der Waals surface area contributed by atoms with E-state index in [-0.39, 0.29) is 28.9 Å². The van der Waals surface area contributed by atoms with Crippen LogP contribution in [0.4, 0.5) is 18.9 Å². The highest BCUT2D eigenvalue weighted by atomic mass is 35.5. The van der Waals surface area contributed by atoms with Crippen molar-refractivity contribution in [3.63, 3.8) is 0 Å². The third-order valence-corrected chi connectivity index (χ3v) is 7.22. The van der Waals surface area contributed by atoms with Crippen molar-refractivity contribution in [2.45, 2.75) is 31.7 Å². The Bertz CT molecular complexity index is 1590. The maximum absolute atomic E-state index is 13.1. The van der Waals surface area contributed by atoms with Gasteiger partial charge in [0.25, 0.3) is 5.91 Å². The van der Waals surface area contributed by atoms with Crippen molar-refractivity contribution in [1.82, 2.24) is 20.1 Å². The summed E-state index contributed by atoms with van der Waals surface area (Å²) in [5.74, 6) is -0.319. The minimum absolute atomic E-state index is 0.0177. The van der Waals surface area contributed by atoms with E-state index in [2.05, 4.69) is 20.8 Å². The van der Waals surface area contributed by atoms with Gasteiger partial charge in [-0.25, -0.2) is 0 Å². The van der Waals surface area contributed by atoms with Gasteiger partial charge in [-0.15, -0.1) is 10.2 Å². The number of aromatic nitrogens is 3. The summed E-state index contributed by atoms with van der Waals surface area (Å²) in [6.45, 7) is 3.85. The Morgan fingerprint density at radius 3 is 2.54 bits per heavy atom. The molecule has 0 atom stereocenters. The first-order valence-electron chi connectivity index (χ1n) is 12.2. The van der Waals surface area contributed by atoms with E-state index in [4.69, 9.17) is 16.3 Å². The Hall–Kier alpha value is -4.03. The zero-order valence-electron chi connectivity index (χ0n) is 22.2. The maximum Gasteiger partial charge on any atom is 0.416 e. The van der Waals surface area contributed by atoms with Crippen LogP contribution in [0.2, 0.25) is 5.02 Å². The van der Waals surface area contributed by atoms with E-state index in [0.29, 0.717) is 22.3 Å². The molecule has 0 radical (unpaired) electrons. The Kier molecular flexibility index (Phi) is 9.24. The van der Waals surface area contributed by atoms with Gasteiger partial charge in [-0.2, -0.15) is 13.2 Å². The van der Waals surface area contributed by atoms with E-state index in [9.17, 15) is 22.8 Å². The van der Waals surface area contributed by atoms with E-state index in [1.54, 1.807) is 28.8 Å². The third kappa shape index (κ3) is 7.19. The second-order valence-corrected chi connectivity index (χ2v) is 10.3. The lowest BCUT2D eigenvalue weighted by Crippen LogP contribution is -2.25. The maximum atomic E-state index is 13.1. The van der Waals surface area contributed by atoms with Gasteiger partial charge in [-0.1, -0.05) is 47.6 Å². The van der Waals surface area contributed by atoms with Crippen molar-refractivity contribution in [3.8, 4) is 11.4 Å². The van der Waals surface area contributed by atoms with Gasteiger partial charge in [-0.05, 0) is 61.4 Å². The van der Waals surface area contributed by atoms with E-state index in [1.165, 1.54) is 7.11 Å². The standard InChI is InChI=1S/C28H25ClF3N5O3S/c1-16-8-9-17(2)22(12-16)37-24(14-33-26(39)19-6-4-5-7-23(19)40-3)35-36-27(37)41-15-25(38)34-21-13-18(28(30,31)32)10-11-20(21)29/h4-13H,14-15H2,1-3H3,(H,33,39)(H,34,38). The molecule has 4 rings (SSSR count). The van der Waals surface area contributed by atoms with Crippen LogP contribution in [0.5, 0.6) is 5.75 Å². The number of para-hydroxylation sites is 1. The molecule has 0 saturated heterocycles. The highest BCUT2D eigenvalue weighted by Crippen LogP contribution is 2.34. The molecule has 13 heteroatoms. The smallest absolute Gasteiger partial charge is 0.416 e. The Labute approximate surface area is 243 Å². The number of thioether (sulfide) groups is 1. The molecule has 0 unspecified atom stereocenters. The molecule has 2 N–H and O–H groups in total. The largest absolute Gasteiger partial charge is 0.496 e. The predicted octanol–water partition coefficient (Wildman–Crippen LogP) is 6.23. The normalized spacial score (nSPS) is 11.3. The summed E-state index contributed by atoms with van der Waals surface area (Å²) in [6, 6.07) is 15.3. The van der Waals surface area contributed by atoms with Crippen molar-refractivity contribution < 1.29 is 27.5 Å². The summed E-state index contributed by atoms with van der Waals surface area (Å²) >= 11 is 7.05. The fourth-order valence-corrected chi connectivity index (χ4v) is 4.84. The molecular formula is C28H25ClF3N5O3S. The van der Waals surface area contributed by atoms with Gasteiger partial charge in [-0.3, -0.25) is 14.2 Å². The summed E-state index contributed by atoms with van der Waals surface area (Å²) in [5.41, 5.74) is 1.89. The van der Waals surface area contributed by atoms with Crippen LogP contribution in [0.3, 0.4) is 0 Å². The second kappa shape index (κ2) is 12.6. The van der Waals surface area contributed by atoms with Crippen LogP contribution in [0, 0.1) is 13.8 Å². The van der Waals surface area contributed by atoms with Gasteiger partial charge in [0, 0.05) is 0 Å². The van der Waals surface area contributed by atoms with Crippen molar-refractivity contribution in [1.29, 1.82) is 0 Å². The number of amides is 2. The van der Waals surface area contributed by atoms with Crippen molar-refractivity contribution in [2.75, 3.05) is 18.2 Å². The van der Waals surface area contributed by atoms with Crippen molar-refractivity contribution in [3.05, 3.63) is 93.8 Å².